The van der Waals surface area contributed by atoms with Gasteiger partial charge in [0.1, 0.15) is 11.9 Å². The van der Waals surface area contributed by atoms with E-state index in [1.165, 1.54) is 25.3 Å². The lowest BCUT2D eigenvalue weighted by molar-refractivity contribution is 0.156. The molecule has 1 aromatic carbocycles. The summed E-state index contributed by atoms with van der Waals surface area (Å²) in [6.07, 6.45) is 3.80. The summed E-state index contributed by atoms with van der Waals surface area (Å²) in [5.41, 5.74) is 1.09. The number of rotatable bonds is 4. The maximum Gasteiger partial charge on any atom is 0.145 e. The average molecular weight is 232 g/mol. The zero-order valence-corrected chi connectivity index (χ0v) is 10.1. The molecule has 0 amide bonds. The lowest BCUT2D eigenvalue weighted by Crippen LogP contribution is -2.37. The van der Waals surface area contributed by atoms with Gasteiger partial charge in [-0.25, -0.2) is 4.39 Å². The number of hydrogen-bond acceptors (Lipinski definition) is 2. The van der Waals surface area contributed by atoms with Crippen LogP contribution in [0.25, 0.3) is 0 Å². The molecule has 0 aliphatic heterocycles. The first-order valence-electron chi connectivity index (χ1n) is 6.03. The van der Waals surface area contributed by atoms with E-state index in [0.717, 1.165) is 6.54 Å². The quantitative estimate of drug-likeness (QED) is 0.866. The SMILES string of the molecule is CC1(CNCc2cccc(C#N)c2F)CCC1. The van der Waals surface area contributed by atoms with Gasteiger partial charge in [-0.05, 0) is 24.3 Å². The Morgan fingerprint density at radius 2 is 2.24 bits per heavy atom. The van der Waals surface area contributed by atoms with Crippen molar-refractivity contribution in [1.29, 1.82) is 5.26 Å². The Morgan fingerprint density at radius 3 is 2.82 bits per heavy atom. The van der Waals surface area contributed by atoms with Crippen LogP contribution in [-0.2, 0) is 6.54 Å². The van der Waals surface area contributed by atoms with Crippen LogP contribution in [0.15, 0.2) is 18.2 Å². The summed E-state index contributed by atoms with van der Waals surface area (Å²) in [6, 6.07) is 6.82. The minimum absolute atomic E-state index is 0.124. The highest BCUT2D eigenvalue weighted by Crippen LogP contribution is 2.39. The van der Waals surface area contributed by atoms with E-state index in [0.29, 0.717) is 17.5 Å². The molecule has 90 valence electrons. The summed E-state index contributed by atoms with van der Waals surface area (Å²) in [5, 5.41) is 12.0. The smallest absolute Gasteiger partial charge is 0.145 e. The Hall–Kier alpha value is -1.40. The van der Waals surface area contributed by atoms with Crippen molar-refractivity contribution in [1.82, 2.24) is 5.32 Å². The van der Waals surface area contributed by atoms with Crippen LogP contribution in [0, 0.1) is 22.6 Å². The first-order chi connectivity index (χ1) is 8.14. The van der Waals surface area contributed by atoms with E-state index in [1.54, 1.807) is 12.1 Å². The first kappa shape index (κ1) is 12.1. The predicted molar refractivity (Wildman–Crippen MR) is 64.8 cm³/mol. The average Bonchev–Trinajstić information content (AvgIpc) is 2.29. The molecule has 0 radical (unpaired) electrons. The maximum absolute atomic E-state index is 13.7. The number of nitrogens with one attached hydrogen (secondary N) is 1. The van der Waals surface area contributed by atoms with Gasteiger partial charge in [-0.2, -0.15) is 5.26 Å². The molecule has 0 saturated heterocycles. The fourth-order valence-corrected chi connectivity index (χ4v) is 2.26. The van der Waals surface area contributed by atoms with Crippen molar-refractivity contribution >= 4 is 0 Å². The molecule has 17 heavy (non-hydrogen) atoms. The third-order valence-electron chi connectivity index (χ3n) is 3.63. The van der Waals surface area contributed by atoms with E-state index in [-0.39, 0.29) is 11.4 Å². The van der Waals surface area contributed by atoms with Crippen LogP contribution in [0.1, 0.15) is 37.3 Å². The van der Waals surface area contributed by atoms with Gasteiger partial charge in [0.15, 0.2) is 0 Å². The van der Waals surface area contributed by atoms with E-state index in [2.05, 4.69) is 12.2 Å². The monoisotopic (exact) mass is 232 g/mol. The van der Waals surface area contributed by atoms with Gasteiger partial charge in [-0.3, -0.25) is 0 Å². The maximum atomic E-state index is 13.7. The lowest BCUT2D eigenvalue weighted by atomic mass is 9.70. The van der Waals surface area contributed by atoms with Crippen LogP contribution in [0.5, 0.6) is 0 Å². The van der Waals surface area contributed by atoms with Gasteiger partial charge in [0, 0.05) is 18.7 Å². The third kappa shape index (κ3) is 2.65. The minimum Gasteiger partial charge on any atom is -0.312 e. The van der Waals surface area contributed by atoms with Crippen molar-refractivity contribution in [2.75, 3.05) is 6.54 Å². The molecule has 0 spiro atoms. The highest BCUT2D eigenvalue weighted by molar-refractivity contribution is 5.34. The highest BCUT2D eigenvalue weighted by Gasteiger charge is 2.30. The zero-order valence-electron chi connectivity index (χ0n) is 10.1. The van der Waals surface area contributed by atoms with Gasteiger partial charge >= 0.3 is 0 Å². The molecule has 2 nitrogen and oxygen atoms in total. The molecule has 3 heteroatoms. The second-order valence-electron chi connectivity index (χ2n) is 5.16. The van der Waals surface area contributed by atoms with E-state index in [9.17, 15) is 4.39 Å². The summed E-state index contributed by atoms with van der Waals surface area (Å²) in [4.78, 5) is 0. The highest BCUT2D eigenvalue weighted by atomic mass is 19.1. The molecule has 0 unspecified atom stereocenters. The molecule has 0 atom stereocenters. The van der Waals surface area contributed by atoms with Crippen LogP contribution in [-0.4, -0.2) is 6.54 Å². The first-order valence-corrected chi connectivity index (χ1v) is 6.03. The summed E-state index contributed by atoms with van der Waals surface area (Å²) in [5.74, 6) is -0.388. The summed E-state index contributed by atoms with van der Waals surface area (Å²) in [7, 11) is 0. The molecular formula is C14H17FN2. The standard InChI is InChI=1S/C14H17FN2/c1-14(6-3-7-14)10-17-9-12-5-2-4-11(8-16)13(12)15/h2,4-5,17H,3,6-7,9-10H2,1H3. The predicted octanol–water partition coefficient (Wildman–Crippen LogP) is 2.98. The van der Waals surface area contributed by atoms with Crippen LogP contribution in [0.2, 0.25) is 0 Å². The van der Waals surface area contributed by atoms with Crippen LogP contribution >= 0.6 is 0 Å². The van der Waals surface area contributed by atoms with Gasteiger partial charge in [0.2, 0.25) is 0 Å². The number of hydrogen-bond donors (Lipinski definition) is 1. The molecular weight excluding hydrogens is 215 g/mol. The van der Waals surface area contributed by atoms with Crippen molar-refractivity contribution in [2.24, 2.45) is 5.41 Å². The van der Waals surface area contributed by atoms with Crippen LogP contribution in [0.3, 0.4) is 0 Å². The second-order valence-corrected chi connectivity index (χ2v) is 5.16. The van der Waals surface area contributed by atoms with Crippen LogP contribution in [0.4, 0.5) is 4.39 Å². The van der Waals surface area contributed by atoms with Gasteiger partial charge in [0.25, 0.3) is 0 Å². The van der Waals surface area contributed by atoms with Gasteiger partial charge in [0.05, 0.1) is 5.56 Å². The summed E-state index contributed by atoms with van der Waals surface area (Å²) < 4.78 is 13.7. The van der Waals surface area contributed by atoms with Gasteiger partial charge < -0.3 is 5.32 Å². The Kier molecular flexibility index (Phi) is 3.44. The third-order valence-corrected chi connectivity index (χ3v) is 3.63. The largest absolute Gasteiger partial charge is 0.312 e. The molecule has 1 saturated carbocycles. The molecule has 1 N–H and O–H groups in total. The molecule has 0 heterocycles. The Labute approximate surface area is 101 Å². The fourth-order valence-electron chi connectivity index (χ4n) is 2.26. The second kappa shape index (κ2) is 4.85. The minimum atomic E-state index is -0.388. The fraction of sp³-hybridized carbons (Fsp3) is 0.500. The van der Waals surface area contributed by atoms with E-state index < -0.39 is 0 Å². The van der Waals surface area contributed by atoms with E-state index in [1.807, 2.05) is 6.07 Å². The van der Waals surface area contributed by atoms with Crippen molar-refractivity contribution < 1.29 is 4.39 Å². The Morgan fingerprint density at radius 1 is 1.47 bits per heavy atom. The van der Waals surface area contributed by atoms with E-state index in [4.69, 9.17) is 5.26 Å². The molecule has 0 aromatic heterocycles. The molecule has 2 rings (SSSR count). The van der Waals surface area contributed by atoms with Gasteiger partial charge in [-0.1, -0.05) is 25.5 Å². The molecule has 1 aromatic rings. The molecule has 0 bridgehead atoms. The van der Waals surface area contributed by atoms with Gasteiger partial charge in [-0.15, -0.1) is 0 Å². The Balaban J connectivity index is 1.93. The molecule has 1 fully saturated rings. The van der Waals surface area contributed by atoms with Crippen molar-refractivity contribution in [2.45, 2.75) is 32.7 Å². The van der Waals surface area contributed by atoms with Crippen molar-refractivity contribution in [3.8, 4) is 6.07 Å². The van der Waals surface area contributed by atoms with Crippen molar-refractivity contribution in [3.63, 3.8) is 0 Å². The summed E-state index contributed by atoms with van der Waals surface area (Å²) >= 11 is 0. The Bertz CT molecular complexity index is 444. The lowest BCUT2D eigenvalue weighted by Gasteiger charge is -2.38. The zero-order chi connectivity index (χ0) is 12.3. The number of nitriles is 1. The van der Waals surface area contributed by atoms with Crippen LogP contribution < -0.4 is 5.32 Å². The normalized spacial score (nSPS) is 17.2. The number of halogens is 1. The topological polar surface area (TPSA) is 35.8 Å². The molecule has 1 aliphatic carbocycles. The van der Waals surface area contributed by atoms with E-state index >= 15 is 0 Å². The molecule has 1 aliphatic rings. The number of nitrogens with zero attached hydrogens (tertiary/aromatic N) is 1. The number of benzene rings is 1. The van der Waals surface area contributed by atoms with Crippen molar-refractivity contribution in [3.05, 3.63) is 35.1 Å². The summed E-state index contributed by atoms with van der Waals surface area (Å²) in [6.45, 7) is 3.67.